The van der Waals surface area contributed by atoms with Crippen LogP contribution in [0.1, 0.15) is 12.5 Å². The Labute approximate surface area is 180 Å². The summed E-state index contributed by atoms with van der Waals surface area (Å²) in [6, 6.07) is 8.45. The maximum Gasteiger partial charge on any atom is 0.128 e. The summed E-state index contributed by atoms with van der Waals surface area (Å²) in [5.74, 6) is 2.02. The maximum absolute atomic E-state index is 9.60. The molecule has 5 heterocycles. The Hall–Kier alpha value is -3.70. The lowest BCUT2D eigenvalue weighted by Crippen LogP contribution is -2.23. The number of pyridine rings is 2. The van der Waals surface area contributed by atoms with E-state index < -0.39 is 0 Å². The van der Waals surface area contributed by atoms with Gasteiger partial charge in [0.05, 0.1) is 23.5 Å². The second kappa shape index (κ2) is 7.52. The molecule has 1 aliphatic heterocycles. The van der Waals surface area contributed by atoms with Crippen LogP contribution in [0.25, 0.3) is 27.8 Å². The molecule has 1 unspecified atom stereocenters. The molecule has 8 heteroatoms. The fraction of sp³-hybridized carbons (Fsp3) is 0.304. The van der Waals surface area contributed by atoms with Gasteiger partial charge in [0.25, 0.3) is 0 Å². The molecule has 4 aromatic heterocycles. The first-order valence-electron chi connectivity index (χ1n) is 10.4. The maximum atomic E-state index is 9.60. The molecule has 8 nitrogen and oxygen atoms in total. The molecule has 0 radical (unpaired) electrons. The van der Waals surface area contributed by atoms with Crippen molar-refractivity contribution in [2.75, 3.05) is 24.5 Å². The minimum absolute atomic E-state index is 0.502. The minimum atomic E-state index is 0.502. The van der Waals surface area contributed by atoms with E-state index >= 15 is 0 Å². The van der Waals surface area contributed by atoms with E-state index in [0.29, 0.717) is 23.9 Å². The number of aromatic nitrogens is 5. The highest BCUT2D eigenvalue weighted by atomic mass is 15.2. The molecule has 1 aliphatic rings. The molecule has 0 spiro atoms. The normalized spacial score (nSPS) is 18.6. The molecule has 4 aromatic rings. The van der Waals surface area contributed by atoms with E-state index in [1.54, 1.807) is 15.4 Å². The van der Waals surface area contributed by atoms with Crippen molar-refractivity contribution in [3.8, 4) is 28.3 Å². The number of anilines is 1. The molecule has 5 rings (SSSR count). The van der Waals surface area contributed by atoms with Crippen molar-refractivity contribution in [1.82, 2.24) is 24.4 Å². The Morgan fingerprint density at radius 3 is 2.61 bits per heavy atom. The predicted octanol–water partition coefficient (Wildman–Crippen LogP) is 2.70. The third-order valence-electron chi connectivity index (χ3n) is 6.22. The van der Waals surface area contributed by atoms with E-state index in [4.69, 9.17) is 10.7 Å². The topological polar surface area (TPSA) is 101 Å². The van der Waals surface area contributed by atoms with Gasteiger partial charge in [0, 0.05) is 61.0 Å². The van der Waals surface area contributed by atoms with E-state index in [1.165, 1.54) is 0 Å². The number of nitrogens with zero attached hydrogens (tertiary/aromatic N) is 7. The summed E-state index contributed by atoms with van der Waals surface area (Å²) in [7, 11) is 1.89. The van der Waals surface area contributed by atoms with E-state index in [-0.39, 0.29) is 0 Å². The summed E-state index contributed by atoms with van der Waals surface area (Å²) in [5, 5.41) is 18.3. The van der Waals surface area contributed by atoms with Crippen LogP contribution in [0, 0.1) is 23.2 Å². The number of rotatable bonds is 4. The standard InChI is InChI=1S/C23H24N8/c1-15-11-30(13-19(15)7-25)22-4-3-16(8-26-22)21-5-17(20-10-27-29(2)12-20)14-31-23(21)18(6-24)9-28-31/h3-5,8-10,12,14-15,19H,7,11,13,25H2,1-2H3/t15?,19-/m1/s1. The number of aryl methyl sites for hydroxylation is 1. The molecule has 0 bridgehead atoms. The van der Waals surface area contributed by atoms with Crippen molar-refractivity contribution in [3.63, 3.8) is 0 Å². The predicted molar refractivity (Wildman–Crippen MR) is 119 cm³/mol. The highest BCUT2D eigenvalue weighted by Crippen LogP contribution is 2.33. The van der Waals surface area contributed by atoms with Crippen molar-refractivity contribution >= 4 is 11.3 Å². The van der Waals surface area contributed by atoms with Gasteiger partial charge in [0.1, 0.15) is 11.9 Å². The number of fused-ring (bicyclic) bond motifs is 1. The van der Waals surface area contributed by atoms with Crippen LogP contribution in [0.3, 0.4) is 0 Å². The highest BCUT2D eigenvalue weighted by Gasteiger charge is 2.29. The third kappa shape index (κ3) is 3.33. The van der Waals surface area contributed by atoms with E-state index in [0.717, 1.165) is 46.7 Å². The summed E-state index contributed by atoms with van der Waals surface area (Å²) in [6.45, 7) is 4.85. The number of hydrogen-bond acceptors (Lipinski definition) is 6. The Balaban J connectivity index is 1.57. The van der Waals surface area contributed by atoms with Crippen LogP contribution in [-0.2, 0) is 7.05 Å². The van der Waals surface area contributed by atoms with Crippen LogP contribution < -0.4 is 10.6 Å². The zero-order valence-electron chi connectivity index (χ0n) is 17.6. The van der Waals surface area contributed by atoms with Gasteiger partial charge in [-0.2, -0.15) is 15.5 Å². The Morgan fingerprint density at radius 1 is 1.10 bits per heavy atom. The second-order valence-electron chi connectivity index (χ2n) is 8.29. The molecule has 156 valence electrons. The zero-order chi connectivity index (χ0) is 21.5. The summed E-state index contributed by atoms with van der Waals surface area (Å²) in [5.41, 5.74) is 11.1. The zero-order valence-corrected chi connectivity index (χ0v) is 17.6. The molecule has 2 N–H and O–H groups in total. The third-order valence-corrected chi connectivity index (χ3v) is 6.22. The number of nitriles is 1. The molecular weight excluding hydrogens is 388 g/mol. The summed E-state index contributed by atoms with van der Waals surface area (Å²) in [4.78, 5) is 7.05. The quantitative estimate of drug-likeness (QED) is 0.553. The largest absolute Gasteiger partial charge is 0.356 e. The summed E-state index contributed by atoms with van der Waals surface area (Å²) in [6.07, 6.45) is 9.20. The van der Waals surface area contributed by atoms with E-state index in [2.05, 4.69) is 46.3 Å². The van der Waals surface area contributed by atoms with Crippen LogP contribution in [0.4, 0.5) is 5.82 Å². The van der Waals surface area contributed by atoms with E-state index in [1.807, 2.05) is 31.8 Å². The highest BCUT2D eigenvalue weighted by molar-refractivity contribution is 5.87. The molecule has 31 heavy (non-hydrogen) atoms. The Morgan fingerprint density at radius 2 is 1.97 bits per heavy atom. The summed E-state index contributed by atoms with van der Waals surface area (Å²) >= 11 is 0. The molecule has 1 saturated heterocycles. The van der Waals surface area contributed by atoms with Gasteiger partial charge >= 0.3 is 0 Å². The average molecular weight is 413 g/mol. The molecule has 1 fully saturated rings. The molecule has 0 amide bonds. The Kier molecular flexibility index (Phi) is 4.68. The van der Waals surface area contributed by atoms with Crippen molar-refractivity contribution in [2.24, 2.45) is 24.6 Å². The molecule has 0 saturated carbocycles. The number of nitrogens with two attached hydrogens (primary N) is 1. The van der Waals surface area contributed by atoms with Gasteiger partial charge in [-0.15, -0.1) is 0 Å². The fourth-order valence-electron chi connectivity index (χ4n) is 4.41. The van der Waals surface area contributed by atoms with Gasteiger partial charge < -0.3 is 10.6 Å². The molecule has 0 aliphatic carbocycles. The van der Waals surface area contributed by atoms with Gasteiger partial charge in [-0.05, 0) is 36.6 Å². The lowest BCUT2D eigenvalue weighted by atomic mass is 9.99. The van der Waals surface area contributed by atoms with Crippen molar-refractivity contribution < 1.29 is 0 Å². The van der Waals surface area contributed by atoms with Gasteiger partial charge in [-0.1, -0.05) is 6.92 Å². The SMILES string of the molecule is CC1CN(c2ccc(-c3cc(-c4cnn(C)c4)cn4ncc(C#N)c34)cn2)C[C@H]1CN. The second-order valence-corrected chi connectivity index (χ2v) is 8.29. The van der Waals surface area contributed by atoms with Crippen molar-refractivity contribution in [1.29, 1.82) is 5.26 Å². The van der Waals surface area contributed by atoms with Crippen molar-refractivity contribution in [3.05, 3.63) is 54.7 Å². The van der Waals surface area contributed by atoms with Crippen LogP contribution in [0.5, 0.6) is 0 Å². The lowest BCUT2D eigenvalue weighted by Gasteiger charge is -2.17. The molecule has 2 atom stereocenters. The first-order chi connectivity index (χ1) is 15.1. The van der Waals surface area contributed by atoms with Crippen LogP contribution in [0.15, 0.2) is 49.2 Å². The monoisotopic (exact) mass is 412 g/mol. The first kappa shape index (κ1) is 19.3. The van der Waals surface area contributed by atoms with Gasteiger partial charge in [0.2, 0.25) is 0 Å². The van der Waals surface area contributed by atoms with Crippen LogP contribution in [-0.4, -0.2) is 44.0 Å². The van der Waals surface area contributed by atoms with Crippen molar-refractivity contribution in [2.45, 2.75) is 6.92 Å². The van der Waals surface area contributed by atoms with Gasteiger partial charge in [-0.25, -0.2) is 9.50 Å². The van der Waals surface area contributed by atoms with Gasteiger partial charge in [0.15, 0.2) is 0 Å². The first-order valence-corrected chi connectivity index (χ1v) is 10.4. The molecule has 0 aromatic carbocycles. The lowest BCUT2D eigenvalue weighted by molar-refractivity contribution is 0.463. The smallest absolute Gasteiger partial charge is 0.128 e. The summed E-state index contributed by atoms with van der Waals surface area (Å²) < 4.78 is 3.53. The fourth-order valence-corrected chi connectivity index (χ4v) is 4.41. The Bertz CT molecular complexity index is 1280. The van der Waals surface area contributed by atoms with Crippen LogP contribution in [0.2, 0.25) is 0 Å². The van der Waals surface area contributed by atoms with E-state index in [9.17, 15) is 5.26 Å². The number of hydrogen-bond donors (Lipinski definition) is 1. The minimum Gasteiger partial charge on any atom is -0.356 e. The van der Waals surface area contributed by atoms with Gasteiger partial charge in [-0.3, -0.25) is 4.68 Å². The van der Waals surface area contributed by atoms with Crippen LogP contribution >= 0.6 is 0 Å². The molecular formula is C23H24N8. The average Bonchev–Trinajstić information content (AvgIpc) is 3.51.